The molecule has 5 nitrogen and oxygen atoms in total. The minimum atomic E-state index is 0.647. The number of fused-ring (bicyclic) bond motifs is 1. The summed E-state index contributed by atoms with van der Waals surface area (Å²) in [6, 6.07) is 8.21. The summed E-state index contributed by atoms with van der Waals surface area (Å²) in [4.78, 5) is 4.03. The molecule has 0 amide bonds. The first kappa shape index (κ1) is 10.9. The number of nitrogens with zero attached hydrogens (tertiary/aromatic N) is 4. The standard InChI is InChI=1S/C13H13N5/c14-5-4-10-2-1-3-11(8-10)13-17-16-12-9-15-6-7-18(12)13/h1-3,6-9H,4-5,14H2. The van der Waals surface area contributed by atoms with E-state index in [1.807, 2.05) is 22.7 Å². The molecule has 5 heteroatoms. The van der Waals surface area contributed by atoms with Crippen molar-refractivity contribution in [2.75, 3.05) is 6.54 Å². The van der Waals surface area contributed by atoms with Gasteiger partial charge in [-0.15, -0.1) is 10.2 Å². The molecule has 2 aromatic heterocycles. The van der Waals surface area contributed by atoms with Crippen molar-refractivity contribution in [3.05, 3.63) is 48.4 Å². The lowest BCUT2D eigenvalue weighted by Crippen LogP contribution is -2.02. The Morgan fingerprint density at radius 2 is 2.17 bits per heavy atom. The Morgan fingerprint density at radius 3 is 3.06 bits per heavy atom. The quantitative estimate of drug-likeness (QED) is 0.747. The Bertz CT molecular complexity index is 674. The molecule has 0 fully saturated rings. The van der Waals surface area contributed by atoms with Crippen molar-refractivity contribution in [2.45, 2.75) is 6.42 Å². The van der Waals surface area contributed by atoms with Crippen LogP contribution in [0.2, 0.25) is 0 Å². The second-order valence-corrected chi connectivity index (χ2v) is 4.07. The van der Waals surface area contributed by atoms with Crippen molar-refractivity contribution < 1.29 is 0 Å². The van der Waals surface area contributed by atoms with Gasteiger partial charge >= 0.3 is 0 Å². The molecule has 0 aliphatic rings. The average molecular weight is 239 g/mol. The van der Waals surface area contributed by atoms with Crippen LogP contribution in [0, 0.1) is 0 Å². The third-order valence-electron chi connectivity index (χ3n) is 2.83. The minimum absolute atomic E-state index is 0.647. The van der Waals surface area contributed by atoms with E-state index in [9.17, 15) is 0 Å². The highest BCUT2D eigenvalue weighted by Crippen LogP contribution is 2.19. The van der Waals surface area contributed by atoms with Crippen LogP contribution >= 0.6 is 0 Å². The number of benzene rings is 1. The number of rotatable bonds is 3. The highest BCUT2D eigenvalue weighted by atomic mass is 15.2. The third kappa shape index (κ3) is 1.84. The average Bonchev–Trinajstić information content (AvgIpc) is 2.83. The van der Waals surface area contributed by atoms with Gasteiger partial charge in [0.2, 0.25) is 0 Å². The van der Waals surface area contributed by atoms with Gasteiger partial charge in [-0.25, -0.2) is 0 Å². The number of hydrogen-bond acceptors (Lipinski definition) is 4. The molecule has 0 aliphatic carbocycles. The summed E-state index contributed by atoms with van der Waals surface area (Å²) < 4.78 is 1.93. The van der Waals surface area contributed by atoms with Crippen LogP contribution in [-0.2, 0) is 6.42 Å². The Labute approximate surface area is 104 Å². The second kappa shape index (κ2) is 4.54. The first-order chi connectivity index (χ1) is 8.88. The maximum Gasteiger partial charge on any atom is 0.179 e. The molecule has 0 bridgehead atoms. The van der Waals surface area contributed by atoms with E-state index < -0.39 is 0 Å². The molecule has 1 aromatic carbocycles. The largest absolute Gasteiger partial charge is 0.330 e. The molecule has 0 saturated heterocycles. The fourth-order valence-corrected chi connectivity index (χ4v) is 1.98. The van der Waals surface area contributed by atoms with Crippen LogP contribution < -0.4 is 5.73 Å². The van der Waals surface area contributed by atoms with E-state index in [0.717, 1.165) is 23.5 Å². The predicted molar refractivity (Wildman–Crippen MR) is 69.0 cm³/mol. The summed E-state index contributed by atoms with van der Waals surface area (Å²) in [5.74, 6) is 0.825. The Morgan fingerprint density at radius 1 is 1.22 bits per heavy atom. The summed E-state index contributed by atoms with van der Waals surface area (Å²) in [5, 5.41) is 8.30. The zero-order valence-electron chi connectivity index (χ0n) is 9.82. The molecule has 0 atom stereocenters. The van der Waals surface area contributed by atoms with Crippen LogP contribution in [0.25, 0.3) is 17.0 Å². The topological polar surface area (TPSA) is 69.1 Å². The summed E-state index contributed by atoms with van der Waals surface area (Å²) >= 11 is 0. The molecule has 0 saturated carbocycles. The first-order valence-electron chi connectivity index (χ1n) is 5.82. The predicted octanol–water partition coefficient (Wildman–Crippen LogP) is 1.29. The smallest absolute Gasteiger partial charge is 0.179 e. The first-order valence-corrected chi connectivity index (χ1v) is 5.82. The van der Waals surface area contributed by atoms with Crippen LogP contribution in [0.5, 0.6) is 0 Å². The lowest BCUT2D eigenvalue weighted by Gasteiger charge is -2.03. The van der Waals surface area contributed by atoms with E-state index in [0.29, 0.717) is 6.54 Å². The van der Waals surface area contributed by atoms with Crippen molar-refractivity contribution in [1.29, 1.82) is 0 Å². The Balaban J connectivity index is 2.11. The molecular weight excluding hydrogens is 226 g/mol. The Hall–Kier alpha value is -2.27. The summed E-state index contributed by atoms with van der Waals surface area (Å²) in [6.45, 7) is 0.647. The van der Waals surface area contributed by atoms with E-state index in [1.54, 1.807) is 12.4 Å². The van der Waals surface area contributed by atoms with Gasteiger partial charge in [0.1, 0.15) is 0 Å². The molecule has 0 spiro atoms. The maximum absolute atomic E-state index is 5.58. The van der Waals surface area contributed by atoms with E-state index in [2.05, 4.69) is 27.3 Å². The summed E-state index contributed by atoms with van der Waals surface area (Å²) in [5.41, 5.74) is 8.58. The van der Waals surface area contributed by atoms with Gasteiger partial charge in [0.25, 0.3) is 0 Å². The SMILES string of the molecule is NCCc1cccc(-c2nnc3cnccn23)c1. The third-order valence-corrected chi connectivity index (χ3v) is 2.83. The van der Waals surface area contributed by atoms with Crippen LogP contribution in [-0.4, -0.2) is 26.1 Å². The Kier molecular flexibility index (Phi) is 2.74. The minimum Gasteiger partial charge on any atom is -0.330 e. The molecule has 0 unspecified atom stereocenters. The normalized spacial score (nSPS) is 10.9. The van der Waals surface area contributed by atoms with Crippen molar-refractivity contribution >= 4 is 5.65 Å². The van der Waals surface area contributed by atoms with Gasteiger partial charge in [-0.2, -0.15) is 0 Å². The van der Waals surface area contributed by atoms with Crippen LogP contribution in [0.1, 0.15) is 5.56 Å². The second-order valence-electron chi connectivity index (χ2n) is 4.07. The van der Waals surface area contributed by atoms with Gasteiger partial charge < -0.3 is 5.73 Å². The fourth-order valence-electron chi connectivity index (χ4n) is 1.98. The molecule has 3 rings (SSSR count). The van der Waals surface area contributed by atoms with Crippen molar-refractivity contribution in [2.24, 2.45) is 5.73 Å². The fraction of sp³-hybridized carbons (Fsp3) is 0.154. The van der Waals surface area contributed by atoms with Crippen LogP contribution in [0.15, 0.2) is 42.9 Å². The number of hydrogen-bond donors (Lipinski definition) is 1. The van der Waals surface area contributed by atoms with Gasteiger partial charge in [-0.3, -0.25) is 9.38 Å². The summed E-state index contributed by atoms with van der Waals surface area (Å²) in [6.07, 6.45) is 6.15. The molecule has 0 aliphatic heterocycles. The van der Waals surface area contributed by atoms with E-state index in [-0.39, 0.29) is 0 Å². The van der Waals surface area contributed by atoms with Crippen molar-refractivity contribution in [3.63, 3.8) is 0 Å². The molecule has 2 N–H and O–H groups in total. The van der Waals surface area contributed by atoms with Gasteiger partial charge in [0, 0.05) is 18.0 Å². The zero-order chi connectivity index (χ0) is 12.4. The zero-order valence-corrected chi connectivity index (χ0v) is 9.82. The summed E-state index contributed by atoms with van der Waals surface area (Å²) in [7, 11) is 0. The van der Waals surface area contributed by atoms with Gasteiger partial charge in [-0.05, 0) is 24.6 Å². The van der Waals surface area contributed by atoms with Crippen LogP contribution in [0.4, 0.5) is 0 Å². The van der Waals surface area contributed by atoms with Crippen molar-refractivity contribution in [3.8, 4) is 11.4 Å². The molecule has 0 radical (unpaired) electrons. The molecule has 18 heavy (non-hydrogen) atoms. The maximum atomic E-state index is 5.58. The lowest BCUT2D eigenvalue weighted by molar-refractivity contribution is 0.968. The molecule has 3 aromatic rings. The number of nitrogens with two attached hydrogens (primary N) is 1. The highest BCUT2D eigenvalue weighted by Gasteiger charge is 2.07. The van der Waals surface area contributed by atoms with E-state index in [1.165, 1.54) is 5.56 Å². The molecule has 90 valence electrons. The van der Waals surface area contributed by atoms with Gasteiger partial charge in [0.15, 0.2) is 11.5 Å². The van der Waals surface area contributed by atoms with Gasteiger partial charge in [0.05, 0.1) is 6.20 Å². The number of aromatic nitrogens is 4. The molecule has 2 heterocycles. The monoisotopic (exact) mass is 239 g/mol. The van der Waals surface area contributed by atoms with Crippen molar-refractivity contribution in [1.82, 2.24) is 19.6 Å². The van der Waals surface area contributed by atoms with Crippen LogP contribution in [0.3, 0.4) is 0 Å². The molecular formula is C13H13N5. The highest BCUT2D eigenvalue weighted by molar-refractivity contribution is 5.59. The van der Waals surface area contributed by atoms with Gasteiger partial charge in [-0.1, -0.05) is 18.2 Å². The lowest BCUT2D eigenvalue weighted by atomic mass is 10.1. The van der Waals surface area contributed by atoms with E-state index >= 15 is 0 Å². The van der Waals surface area contributed by atoms with E-state index in [4.69, 9.17) is 5.73 Å².